The van der Waals surface area contributed by atoms with Crippen molar-refractivity contribution >= 4 is 11.8 Å². The Balaban J connectivity index is 1.20. The molecule has 1 aromatic rings. The van der Waals surface area contributed by atoms with E-state index < -0.39 is 0 Å². The topological polar surface area (TPSA) is 58.6 Å². The van der Waals surface area contributed by atoms with Crippen LogP contribution in [0.1, 0.15) is 69.4 Å². The maximum Gasteiger partial charge on any atom is 0.243 e. The highest BCUT2D eigenvalue weighted by atomic mass is 16.5. The molecule has 6 rings (SSSR count). The summed E-state index contributed by atoms with van der Waals surface area (Å²) in [6.45, 7) is 4.56. The lowest BCUT2D eigenvalue weighted by Crippen LogP contribution is -2.57. The van der Waals surface area contributed by atoms with Gasteiger partial charge in [0.25, 0.3) is 0 Å². The number of nitrogens with one attached hydrogen (secondary N) is 1. The van der Waals surface area contributed by atoms with Crippen molar-refractivity contribution in [3.63, 3.8) is 0 Å². The largest absolute Gasteiger partial charge is 0.377 e. The van der Waals surface area contributed by atoms with Crippen LogP contribution in [-0.2, 0) is 27.5 Å². The van der Waals surface area contributed by atoms with Gasteiger partial charge in [0.2, 0.25) is 11.8 Å². The van der Waals surface area contributed by atoms with E-state index in [-0.39, 0.29) is 17.4 Å². The van der Waals surface area contributed by atoms with Crippen LogP contribution in [0.3, 0.4) is 0 Å². The zero-order valence-electron chi connectivity index (χ0n) is 18.8. The van der Waals surface area contributed by atoms with Gasteiger partial charge in [-0.2, -0.15) is 0 Å². The number of hydrogen-bond donors (Lipinski definition) is 1. The molecule has 1 N–H and O–H groups in total. The van der Waals surface area contributed by atoms with Crippen molar-refractivity contribution in [2.75, 3.05) is 13.2 Å². The van der Waals surface area contributed by atoms with Gasteiger partial charge < -0.3 is 15.0 Å². The van der Waals surface area contributed by atoms with Crippen LogP contribution in [0.15, 0.2) is 24.3 Å². The number of amides is 2. The molecule has 1 heterocycles. The molecule has 4 bridgehead atoms. The van der Waals surface area contributed by atoms with Crippen molar-refractivity contribution in [3.05, 3.63) is 35.4 Å². The van der Waals surface area contributed by atoms with Crippen LogP contribution in [0.4, 0.5) is 0 Å². The molecule has 0 radical (unpaired) electrons. The smallest absolute Gasteiger partial charge is 0.243 e. The predicted molar refractivity (Wildman–Crippen MR) is 119 cm³/mol. The van der Waals surface area contributed by atoms with E-state index in [1.165, 1.54) is 19.3 Å². The van der Waals surface area contributed by atoms with Gasteiger partial charge in [0.1, 0.15) is 6.04 Å². The fraction of sp³-hybridized carbons (Fsp3) is 0.692. The lowest BCUT2D eigenvalue weighted by Gasteiger charge is -2.56. The number of nitrogens with zero attached hydrogens (tertiary/aromatic N) is 1. The molecule has 1 atom stereocenters. The average molecular weight is 425 g/mol. The summed E-state index contributed by atoms with van der Waals surface area (Å²) in [4.78, 5) is 28.7. The molecule has 5 heteroatoms. The quantitative estimate of drug-likeness (QED) is 0.718. The summed E-state index contributed by atoms with van der Waals surface area (Å²) < 4.78 is 5.44. The second kappa shape index (κ2) is 8.57. The van der Waals surface area contributed by atoms with Crippen LogP contribution < -0.4 is 5.32 Å². The third kappa shape index (κ3) is 4.13. The molecule has 0 spiro atoms. The second-order valence-electron chi connectivity index (χ2n) is 10.5. The van der Waals surface area contributed by atoms with Gasteiger partial charge in [-0.05, 0) is 87.2 Å². The van der Waals surface area contributed by atoms with Gasteiger partial charge in [-0.1, -0.05) is 24.3 Å². The third-order valence-corrected chi connectivity index (χ3v) is 8.27. The van der Waals surface area contributed by atoms with Crippen LogP contribution in [0.25, 0.3) is 0 Å². The molecule has 168 valence electrons. The third-order valence-electron chi connectivity index (χ3n) is 8.27. The number of likely N-dealkylation sites (tertiary alicyclic amines) is 1. The van der Waals surface area contributed by atoms with E-state index in [4.69, 9.17) is 4.74 Å². The molecule has 4 saturated carbocycles. The first-order valence-electron chi connectivity index (χ1n) is 12.3. The average Bonchev–Trinajstić information content (AvgIpc) is 3.25. The molecule has 1 saturated heterocycles. The summed E-state index contributed by atoms with van der Waals surface area (Å²) >= 11 is 0. The number of carbonyl (C=O) groups excluding carboxylic acids is 2. The Morgan fingerprint density at radius 3 is 2.26 bits per heavy atom. The van der Waals surface area contributed by atoms with Crippen molar-refractivity contribution in [2.24, 2.45) is 23.2 Å². The fourth-order valence-electron chi connectivity index (χ4n) is 7.24. The summed E-state index contributed by atoms with van der Waals surface area (Å²) in [5.41, 5.74) is 2.05. The lowest BCUT2D eigenvalue weighted by atomic mass is 9.49. The predicted octanol–water partition coefficient (Wildman–Crippen LogP) is 4.05. The van der Waals surface area contributed by atoms with E-state index in [0.29, 0.717) is 25.7 Å². The van der Waals surface area contributed by atoms with Gasteiger partial charge in [-0.15, -0.1) is 0 Å². The SMILES string of the molecule is CCOCc1ccc(CNC(=O)C2CCCN2C(=O)C23CC4CC(CC(C4)C2)C3)cc1. The van der Waals surface area contributed by atoms with Crippen LogP contribution in [0, 0.1) is 23.2 Å². The maximum absolute atomic E-state index is 13.7. The summed E-state index contributed by atoms with van der Waals surface area (Å²) in [6.07, 6.45) is 8.92. The Morgan fingerprint density at radius 1 is 1.03 bits per heavy atom. The van der Waals surface area contributed by atoms with E-state index in [0.717, 1.165) is 67.5 Å². The minimum Gasteiger partial charge on any atom is -0.377 e. The van der Waals surface area contributed by atoms with Crippen LogP contribution in [-0.4, -0.2) is 35.9 Å². The Bertz CT molecular complexity index is 783. The molecule has 2 amide bonds. The lowest BCUT2D eigenvalue weighted by molar-refractivity contribution is -0.160. The molecule has 1 aliphatic heterocycles. The standard InChI is InChI=1S/C26H36N2O3/c1-2-31-17-19-7-5-18(6-8-19)16-27-24(29)23-4-3-9-28(23)25(30)26-13-20-10-21(14-26)12-22(11-20)15-26/h5-8,20-23H,2-4,9-17H2,1H3,(H,27,29). The normalized spacial score (nSPS) is 33.6. The van der Waals surface area contributed by atoms with Crippen molar-refractivity contribution in [1.29, 1.82) is 0 Å². The number of carbonyl (C=O) groups is 2. The molecule has 1 aromatic carbocycles. The van der Waals surface area contributed by atoms with Gasteiger partial charge in [0, 0.05) is 19.7 Å². The number of ether oxygens (including phenoxy) is 1. The van der Waals surface area contributed by atoms with E-state index in [2.05, 4.69) is 17.4 Å². The highest BCUT2D eigenvalue weighted by Gasteiger charge is 2.56. The van der Waals surface area contributed by atoms with E-state index in [1.54, 1.807) is 0 Å². The molecular weight excluding hydrogens is 388 g/mol. The first-order chi connectivity index (χ1) is 15.1. The second-order valence-corrected chi connectivity index (χ2v) is 10.5. The van der Waals surface area contributed by atoms with Gasteiger partial charge in [0.05, 0.1) is 12.0 Å². The van der Waals surface area contributed by atoms with Crippen molar-refractivity contribution < 1.29 is 14.3 Å². The maximum atomic E-state index is 13.7. The van der Waals surface area contributed by atoms with Gasteiger partial charge in [-0.3, -0.25) is 9.59 Å². The molecule has 5 fully saturated rings. The number of rotatable bonds is 7. The van der Waals surface area contributed by atoms with Crippen LogP contribution in [0.2, 0.25) is 0 Å². The fourth-order valence-corrected chi connectivity index (χ4v) is 7.24. The van der Waals surface area contributed by atoms with Gasteiger partial charge in [-0.25, -0.2) is 0 Å². The summed E-state index contributed by atoms with van der Waals surface area (Å²) in [5.74, 6) is 2.54. The highest BCUT2D eigenvalue weighted by molar-refractivity contribution is 5.91. The summed E-state index contributed by atoms with van der Waals surface area (Å²) in [5, 5.41) is 3.10. The number of benzene rings is 1. The van der Waals surface area contributed by atoms with Crippen molar-refractivity contribution in [2.45, 2.75) is 77.5 Å². The molecule has 31 heavy (non-hydrogen) atoms. The van der Waals surface area contributed by atoms with E-state index in [1.807, 2.05) is 24.0 Å². The molecular formula is C26H36N2O3. The van der Waals surface area contributed by atoms with Crippen LogP contribution in [0.5, 0.6) is 0 Å². The minimum absolute atomic E-state index is 0.00831. The van der Waals surface area contributed by atoms with Gasteiger partial charge in [0.15, 0.2) is 0 Å². The minimum atomic E-state index is -0.294. The zero-order valence-corrected chi connectivity index (χ0v) is 18.8. The van der Waals surface area contributed by atoms with Crippen molar-refractivity contribution in [1.82, 2.24) is 10.2 Å². The molecule has 4 aliphatic carbocycles. The zero-order chi connectivity index (χ0) is 21.4. The van der Waals surface area contributed by atoms with E-state index in [9.17, 15) is 9.59 Å². The Hall–Kier alpha value is -1.88. The van der Waals surface area contributed by atoms with E-state index >= 15 is 0 Å². The first-order valence-corrected chi connectivity index (χ1v) is 12.3. The monoisotopic (exact) mass is 424 g/mol. The van der Waals surface area contributed by atoms with Gasteiger partial charge >= 0.3 is 0 Å². The Morgan fingerprint density at radius 2 is 1.65 bits per heavy atom. The Labute approximate surface area is 185 Å². The summed E-state index contributed by atoms with van der Waals surface area (Å²) in [6, 6.07) is 7.90. The molecule has 5 aliphatic rings. The molecule has 1 unspecified atom stereocenters. The van der Waals surface area contributed by atoms with Crippen LogP contribution >= 0.6 is 0 Å². The molecule has 5 nitrogen and oxygen atoms in total. The number of hydrogen-bond acceptors (Lipinski definition) is 3. The summed E-state index contributed by atoms with van der Waals surface area (Å²) in [7, 11) is 0. The Kier molecular flexibility index (Phi) is 5.80. The van der Waals surface area contributed by atoms with Crippen molar-refractivity contribution in [3.8, 4) is 0 Å². The molecule has 0 aromatic heterocycles. The highest BCUT2D eigenvalue weighted by Crippen LogP contribution is 2.60. The first kappa shape index (κ1) is 21.0.